The Balaban J connectivity index is 1.93. The van der Waals surface area contributed by atoms with Gasteiger partial charge in [0.1, 0.15) is 6.33 Å². The van der Waals surface area contributed by atoms with Gasteiger partial charge in [-0.3, -0.25) is 9.36 Å². The summed E-state index contributed by atoms with van der Waals surface area (Å²) in [6.07, 6.45) is 5.04. The van der Waals surface area contributed by atoms with Crippen molar-refractivity contribution in [2.75, 3.05) is 0 Å². The molecule has 1 aromatic carbocycles. The summed E-state index contributed by atoms with van der Waals surface area (Å²) in [5.74, 6) is -0.112. The Hall–Kier alpha value is -2.34. The van der Waals surface area contributed by atoms with Crippen LogP contribution in [0.2, 0.25) is 0 Å². The first-order valence-corrected chi connectivity index (χ1v) is 6.08. The summed E-state index contributed by atoms with van der Waals surface area (Å²) < 4.78 is 1.72. The minimum Gasteiger partial charge on any atom is -0.286 e. The van der Waals surface area contributed by atoms with Crippen LogP contribution in [0.1, 0.15) is 15.4 Å². The minimum absolute atomic E-state index is 0.112. The van der Waals surface area contributed by atoms with E-state index in [4.69, 9.17) is 0 Å². The molecule has 2 heterocycles. The number of imidazole rings is 1. The first kappa shape index (κ1) is 10.8. The highest BCUT2D eigenvalue weighted by Crippen LogP contribution is 2.17. The van der Waals surface area contributed by atoms with Crippen molar-refractivity contribution in [3.8, 4) is 5.13 Å². The quantitative estimate of drug-likeness (QED) is 0.672. The van der Waals surface area contributed by atoms with Crippen molar-refractivity contribution in [1.82, 2.24) is 19.7 Å². The largest absolute Gasteiger partial charge is 0.286 e. The number of ketones is 1. The molecule has 2 aromatic heterocycles. The minimum atomic E-state index is -0.112. The molecule has 5 nitrogen and oxygen atoms in total. The van der Waals surface area contributed by atoms with Gasteiger partial charge in [0, 0.05) is 18.0 Å². The molecule has 0 atom stereocenters. The predicted molar refractivity (Wildman–Crippen MR) is 66.9 cm³/mol. The van der Waals surface area contributed by atoms with Gasteiger partial charge in [0.2, 0.25) is 10.9 Å². The molecule has 88 valence electrons. The summed E-state index contributed by atoms with van der Waals surface area (Å²) in [6.45, 7) is 0. The monoisotopic (exact) mass is 256 g/mol. The van der Waals surface area contributed by atoms with Crippen molar-refractivity contribution >= 4 is 17.1 Å². The number of nitrogens with zero attached hydrogens (tertiary/aromatic N) is 4. The van der Waals surface area contributed by atoms with Crippen LogP contribution in [0.15, 0.2) is 49.1 Å². The van der Waals surface area contributed by atoms with Crippen molar-refractivity contribution in [3.63, 3.8) is 0 Å². The Morgan fingerprint density at radius 2 is 2.00 bits per heavy atom. The second-order valence-corrected chi connectivity index (χ2v) is 4.51. The Labute approximate surface area is 107 Å². The lowest BCUT2D eigenvalue weighted by Gasteiger charge is -1.94. The number of hydrogen-bond donors (Lipinski definition) is 0. The first-order chi connectivity index (χ1) is 8.84. The third-order valence-corrected chi connectivity index (χ3v) is 3.31. The zero-order valence-electron chi connectivity index (χ0n) is 9.22. The molecule has 0 aliphatic rings. The Morgan fingerprint density at radius 1 is 1.17 bits per heavy atom. The average Bonchev–Trinajstić information content (AvgIpc) is 3.09. The first-order valence-electron chi connectivity index (χ1n) is 5.26. The highest BCUT2D eigenvalue weighted by molar-refractivity contribution is 7.15. The summed E-state index contributed by atoms with van der Waals surface area (Å²) in [4.78, 5) is 16.0. The summed E-state index contributed by atoms with van der Waals surface area (Å²) in [5.41, 5.74) is 0.617. The van der Waals surface area contributed by atoms with E-state index in [1.54, 1.807) is 35.4 Å². The highest BCUT2D eigenvalue weighted by atomic mass is 32.1. The predicted octanol–water partition coefficient (Wildman–Crippen LogP) is 1.95. The van der Waals surface area contributed by atoms with Gasteiger partial charge in [-0.25, -0.2) is 4.98 Å². The number of aromatic nitrogens is 4. The standard InChI is InChI=1S/C12H8N4OS/c17-10(9-4-2-1-3-5-9)11-14-15-12(18-11)16-7-6-13-8-16/h1-8H. The van der Waals surface area contributed by atoms with Gasteiger partial charge in [-0.05, 0) is 0 Å². The molecule has 0 saturated heterocycles. The molecule has 0 unspecified atom stereocenters. The van der Waals surface area contributed by atoms with Gasteiger partial charge in [0.25, 0.3) is 0 Å². The van der Waals surface area contributed by atoms with Crippen LogP contribution < -0.4 is 0 Å². The van der Waals surface area contributed by atoms with E-state index in [0.717, 1.165) is 0 Å². The molecule has 6 heteroatoms. The topological polar surface area (TPSA) is 60.7 Å². The zero-order valence-corrected chi connectivity index (χ0v) is 10.0. The number of carbonyl (C=O) groups is 1. The Kier molecular flexibility index (Phi) is 2.70. The molecule has 3 rings (SSSR count). The van der Waals surface area contributed by atoms with E-state index < -0.39 is 0 Å². The van der Waals surface area contributed by atoms with E-state index in [1.807, 2.05) is 18.2 Å². The van der Waals surface area contributed by atoms with Crippen LogP contribution in [0, 0.1) is 0 Å². The summed E-state index contributed by atoms with van der Waals surface area (Å²) in [7, 11) is 0. The molecule has 18 heavy (non-hydrogen) atoms. The summed E-state index contributed by atoms with van der Waals surface area (Å²) in [5, 5.41) is 8.91. The normalized spacial score (nSPS) is 10.4. The molecule has 0 aliphatic heterocycles. The molecule has 0 saturated carbocycles. The lowest BCUT2D eigenvalue weighted by atomic mass is 10.1. The zero-order chi connectivity index (χ0) is 12.4. The third kappa shape index (κ3) is 1.93. The lowest BCUT2D eigenvalue weighted by molar-refractivity contribution is 0.103. The molecular weight excluding hydrogens is 248 g/mol. The van der Waals surface area contributed by atoms with Crippen molar-refractivity contribution < 1.29 is 4.79 Å². The SMILES string of the molecule is O=C(c1ccccc1)c1nnc(-n2ccnc2)s1. The van der Waals surface area contributed by atoms with Gasteiger partial charge < -0.3 is 0 Å². The Morgan fingerprint density at radius 3 is 2.72 bits per heavy atom. The molecular formula is C12H8N4OS. The van der Waals surface area contributed by atoms with Gasteiger partial charge in [-0.15, -0.1) is 10.2 Å². The molecule has 0 radical (unpaired) electrons. The number of rotatable bonds is 3. The van der Waals surface area contributed by atoms with Gasteiger partial charge in [0.15, 0.2) is 5.01 Å². The van der Waals surface area contributed by atoms with Gasteiger partial charge >= 0.3 is 0 Å². The molecule has 0 N–H and O–H groups in total. The van der Waals surface area contributed by atoms with Crippen LogP contribution in [-0.4, -0.2) is 25.5 Å². The number of carbonyl (C=O) groups excluding carboxylic acids is 1. The fourth-order valence-electron chi connectivity index (χ4n) is 1.50. The lowest BCUT2D eigenvalue weighted by Crippen LogP contribution is -1.99. The van der Waals surface area contributed by atoms with Crippen LogP contribution in [0.4, 0.5) is 0 Å². The van der Waals surface area contributed by atoms with Crippen LogP contribution in [0.5, 0.6) is 0 Å². The number of benzene rings is 1. The summed E-state index contributed by atoms with van der Waals surface area (Å²) in [6, 6.07) is 9.05. The smallest absolute Gasteiger partial charge is 0.223 e. The van der Waals surface area contributed by atoms with E-state index >= 15 is 0 Å². The van der Waals surface area contributed by atoms with Crippen molar-refractivity contribution in [3.05, 3.63) is 59.6 Å². The fraction of sp³-hybridized carbons (Fsp3) is 0. The fourth-order valence-corrected chi connectivity index (χ4v) is 2.26. The maximum Gasteiger partial charge on any atom is 0.223 e. The van der Waals surface area contributed by atoms with E-state index in [-0.39, 0.29) is 5.78 Å². The van der Waals surface area contributed by atoms with Gasteiger partial charge in [-0.2, -0.15) is 0 Å². The van der Waals surface area contributed by atoms with Crippen LogP contribution in [0.25, 0.3) is 5.13 Å². The third-order valence-electron chi connectivity index (χ3n) is 2.37. The summed E-state index contributed by atoms with van der Waals surface area (Å²) >= 11 is 1.24. The second kappa shape index (κ2) is 4.50. The van der Waals surface area contributed by atoms with E-state index in [2.05, 4.69) is 15.2 Å². The maximum atomic E-state index is 12.1. The molecule has 3 aromatic rings. The second-order valence-electron chi connectivity index (χ2n) is 3.55. The van der Waals surface area contributed by atoms with Gasteiger partial charge in [-0.1, -0.05) is 41.7 Å². The van der Waals surface area contributed by atoms with E-state index in [1.165, 1.54) is 11.3 Å². The molecule has 0 spiro atoms. The Bertz CT molecular complexity index is 660. The number of hydrogen-bond acceptors (Lipinski definition) is 5. The van der Waals surface area contributed by atoms with E-state index in [0.29, 0.717) is 15.7 Å². The van der Waals surface area contributed by atoms with Crippen LogP contribution in [-0.2, 0) is 0 Å². The maximum absolute atomic E-state index is 12.1. The van der Waals surface area contributed by atoms with Crippen LogP contribution >= 0.6 is 11.3 Å². The molecule has 0 fully saturated rings. The highest BCUT2D eigenvalue weighted by Gasteiger charge is 2.15. The van der Waals surface area contributed by atoms with Gasteiger partial charge in [0.05, 0.1) is 0 Å². The average molecular weight is 256 g/mol. The van der Waals surface area contributed by atoms with Crippen molar-refractivity contribution in [1.29, 1.82) is 0 Å². The molecule has 0 aliphatic carbocycles. The van der Waals surface area contributed by atoms with Crippen molar-refractivity contribution in [2.24, 2.45) is 0 Å². The molecule has 0 amide bonds. The van der Waals surface area contributed by atoms with E-state index in [9.17, 15) is 4.79 Å². The van der Waals surface area contributed by atoms with Crippen LogP contribution in [0.3, 0.4) is 0 Å². The van der Waals surface area contributed by atoms with Crippen molar-refractivity contribution in [2.45, 2.75) is 0 Å². The molecule has 0 bridgehead atoms.